The van der Waals surface area contributed by atoms with Crippen LogP contribution in [0.2, 0.25) is 5.02 Å². The van der Waals surface area contributed by atoms with Crippen LogP contribution in [0.3, 0.4) is 0 Å². The number of aromatic nitrogens is 1. The molecule has 19 heavy (non-hydrogen) atoms. The molecular weight excluding hydrogens is 276 g/mol. The van der Waals surface area contributed by atoms with Crippen LogP contribution in [-0.2, 0) is 6.42 Å². The van der Waals surface area contributed by atoms with E-state index in [0.29, 0.717) is 0 Å². The lowest BCUT2D eigenvalue weighted by molar-refractivity contribution is 0.733. The van der Waals surface area contributed by atoms with Gasteiger partial charge in [0.1, 0.15) is 5.03 Å². The molecule has 0 saturated heterocycles. The van der Waals surface area contributed by atoms with Crippen LogP contribution in [0.15, 0.2) is 46.5 Å². The predicted molar refractivity (Wildman–Crippen MR) is 81.9 cm³/mol. The fraction of sp³-hybridized carbons (Fsp3) is 0.267. The Balaban J connectivity index is 2.20. The number of hydrogen-bond acceptors (Lipinski definition) is 3. The van der Waals surface area contributed by atoms with Crippen LogP contribution in [0.5, 0.6) is 0 Å². The Morgan fingerprint density at radius 3 is 2.74 bits per heavy atom. The number of pyridine rings is 1. The minimum atomic E-state index is 0.156. The van der Waals surface area contributed by atoms with Crippen molar-refractivity contribution in [3.8, 4) is 0 Å². The third-order valence-electron chi connectivity index (χ3n) is 2.69. The molecule has 0 aliphatic rings. The molecule has 2 rings (SSSR count). The van der Waals surface area contributed by atoms with E-state index < -0.39 is 0 Å². The minimum Gasteiger partial charge on any atom is -0.328 e. The van der Waals surface area contributed by atoms with E-state index in [1.54, 1.807) is 11.8 Å². The molecule has 100 valence electrons. The van der Waals surface area contributed by atoms with E-state index >= 15 is 0 Å². The Kier molecular flexibility index (Phi) is 4.86. The van der Waals surface area contributed by atoms with Crippen molar-refractivity contribution in [3.63, 3.8) is 0 Å². The summed E-state index contributed by atoms with van der Waals surface area (Å²) in [6.45, 7) is 4.07. The lowest BCUT2D eigenvalue weighted by atomic mass is 10.1. The second kappa shape index (κ2) is 6.42. The lowest BCUT2D eigenvalue weighted by Gasteiger charge is -2.09. The predicted octanol–water partition coefficient (Wildman–Crippen LogP) is 4.08. The van der Waals surface area contributed by atoms with Gasteiger partial charge in [-0.25, -0.2) is 4.98 Å². The zero-order chi connectivity index (χ0) is 13.8. The van der Waals surface area contributed by atoms with E-state index in [1.807, 2.05) is 37.4 Å². The van der Waals surface area contributed by atoms with Crippen molar-refractivity contribution in [2.45, 2.75) is 36.2 Å². The van der Waals surface area contributed by atoms with Crippen LogP contribution >= 0.6 is 23.4 Å². The molecule has 0 fully saturated rings. The fourth-order valence-electron chi connectivity index (χ4n) is 1.84. The van der Waals surface area contributed by atoms with Crippen molar-refractivity contribution in [2.75, 3.05) is 0 Å². The normalized spacial score (nSPS) is 12.4. The Morgan fingerprint density at radius 1 is 1.37 bits per heavy atom. The highest BCUT2D eigenvalue weighted by Gasteiger charge is 2.07. The number of halogens is 1. The van der Waals surface area contributed by atoms with Crippen LogP contribution in [0.1, 0.15) is 18.1 Å². The quantitative estimate of drug-likeness (QED) is 0.923. The first kappa shape index (κ1) is 14.4. The number of benzene rings is 1. The second-order valence-corrected chi connectivity index (χ2v) is 6.12. The van der Waals surface area contributed by atoms with Crippen LogP contribution in [0, 0.1) is 6.92 Å². The fourth-order valence-corrected chi connectivity index (χ4v) is 2.94. The van der Waals surface area contributed by atoms with Crippen LogP contribution < -0.4 is 5.73 Å². The molecule has 0 spiro atoms. The van der Waals surface area contributed by atoms with E-state index in [4.69, 9.17) is 17.3 Å². The third kappa shape index (κ3) is 3.96. The first-order valence-electron chi connectivity index (χ1n) is 6.19. The summed E-state index contributed by atoms with van der Waals surface area (Å²) in [7, 11) is 0. The summed E-state index contributed by atoms with van der Waals surface area (Å²) in [6.07, 6.45) is 2.75. The first-order chi connectivity index (χ1) is 9.06. The summed E-state index contributed by atoms with van der Waals surface area (Å²) in [5, 5.41) is 1.75. The van der Waals surface area contributed by atoms with Crippen molar-refractivity contribution in [2.24, 2.45) is 5.73 Å². The van der Waals surface area contributed by atoms with Gasteiger partial charge in [-0.1, -0.05) is 41.6 Å². The van der Waals surface area contributed by atoms with Crippen molar-refractivity contribution >= 4 is 23.4 Å². The molecule has 0 aliphatic carbocycles. The summed E-state index contributed by atoms with van der Waals surface area (Å²) < 4.78 is 0. The lowest BCUT2D eigenvalue weighted by Crippen LogP contribution is -2.17. The molecule has 1 aromatic carbocycles. The third-order valence-corrected chi connectivity index (χ3v) is 4.33. The number of nitrogens with two attached hydrogens (primary N) is 1. The zero-order valence-corrected chi connectivity index (χ0v) is 12.6. The maximum absolute atomic E-state index is 6.16. The average molecular weight is 293 g/mol. The van der Waals surface area contributed by atoms with Crippen LogP contribution in [0.25, 0.3) is 0 Å². The molecule has 0 amide bonds. The van der Waals surface area contributed by atoms with Gasteiger partial charge in [0.05, 0.1) is 5.02 Å². The van der Waals surface area contributed by atoms with Gasteiger partial charge < -0.3 is 5.73 Å². The monoisotopic (exact) mass is 292 g/mol. The van der Waals surface area contributed by atoms with Gasteiger partial charge in [0.15, 0.2) is 0 Å². The van der Waals surface area contributed by atoms with Crippen LogP contribution in [0.4, 0.5) is 0 Å². The van der Waals surface area contributed by atoms with Crippen molar-refractivity contribution in [1.29, 1.82) is 0 Å². The summed E-state index contributed by atoms with van der Waals surface area (Å²) in [6, 6.07) is 10.1. The van der Waals surface area contributed by atoms with Crippen molar-refractivity contribution in [3.05, 3.63) is 52.7 Å². The van der Waals surface area contributed by atoms with E-state index in [1.165, 1.54) is 5.56 Å². The average Bonchev–Trinajstić information content (AvgIpc) is 2.34. The molecule has 2 N–H and O–H groups in total. The molecule has 2 aromatic rings. The van der Waals surface area contributed by atoms with Crippen LogP contribution in [-0.4, -0.2) is 11.0 Å². The molecule has 1 aromatic heterocycles. The maximum Gasteiger partial charge on any atom is 0.104 e. The Hall–Kier alpha value is -1.03. The standard InChI is InChI=1S/C15H17ClN2S/c1-10-7-12(8-11(2)17)9-18-15(10)19-14-6-4-3-5-13(14)16/h3-7,9,11H,8,17H2,1-2H3. The SMILES string of the molecule is Cc1cc(CC(C)N)cnc1Sc1ccccc1Cl. The van der Waals surface area contributed by atoms with E-state index in [0.717, 1.165) is 26.9 Å². The molecule has 2 nitrogen and oxygen atoms in total. The van der Waals surface area contributed by atoms with Gasteiger partial charge in [0, 0.05) is 17.1 Å². The molecule has 0 saturated carbocycles. The molecule has 0 aliphatic heterocycles. The van der Waals surface area contributed by atoms with Gasteiger partial charge in [-0.15, -0.1) is 0 Å². The Morgan fingerprint density at radius 2 is 2.11 bits per heavy atom. The van der Waals surface area contributed by atoms with Gasteiger partial charge >= 0.3 is 0 Å². The number of aryl methyl sites for hydroxylation is 1. The van der Waals surface area contributed by atoms with E-state index in [-0.39, 0.29) is 6.04 Å². The van der Waals surface area contributed by atoms with E-state index in [2.05, 4.69) is 18.0 Å². The summed E-state index contributed by atoms with van der Waals surface area (Å²) in [5.74, 6) is 0. The summed E-state index contributed by atoms with van der Waals surface area (Å²) in [4.78, 5) is 5.54. The number of hydrogen-bond donors (Lipinski definition) is 1. The second-order valence-electron chi connectivity index (χ2n) is 4.68. The van der Waals surface area contributed by atoms with Gasteiger partial charge in [0.25, 0.3) is 0 Å². The van der Waals surface area contributed by atoms with Gasteiger partial charge in [0.2, 0.25) is 0 Å². The Labute approximate surface area is 123 Å². The molecule has 1 unspecified atom stereocenters. The smallest absolute Gasteiger partial charge is 0.104 e. The Bertz CT molecular complexity index is 570. The highest BCUT2D eigenvalue weighted by atomic mass is 35.5. The maximum atomic E-state index is 6.16. The first-order valence-corrected chi connectivity index (χ1v) is 7.39. The highest BCUT2D eigenvalue weighted by molar-refractivity contribution is 7.99. The molecule has 4 heteroatoms. The molecule has 0 radical (unpaired) electrons. The van der Waals surface area contributed by atoms with Gasteiger partial charge in [-0.2, -0.15) is 0 Å². The van der Waals surface area contributed by atoms with Crippen molar-refractivity contribution in [1.82, 2.24) is 4.98 Å². The topological polar surface area (TPSA) is 38.9 Å². The molecule has 1 heterocycles. The van der Waals surface area contributed by atoms with Gasteiger partial charge in [-0.05, 0) is 43.5 Å². The summed E-state index contributed by atoms with van der Waals surface area (Å²) >= 11 is 7.76. The molecule has 0 bridgehead atoms. The highest BCUT2D eigenvalue weighted by Crippen LogP contribution is 2.33. The molecular formula is C15H17ClN2S. The van der Waals surface area contributed by atoms with Gasteiger partial charge in [-0.3, -0.25) is 0 Å². The zero-order valence-electron chi connectivity index (χ0n) is 11.1. The number of nitrogens with zero attached hydrogens (tertiary/aromatic N) is 1. The molecule has 1 atom stereocenters. The van der Waals surface area contributed by atoms with E-state index in [9.17, 15) is 0 Å². The minimum absolute atomic E-state index is 0.156. The largest absolute Gasteiger partial charge is 0.328 e. The van der Waals surface area contributed by atoms with Crippen molar-refractivity contribution < 1.29 is 0 Å². The number of rotatable bonds is 4. The summed E-state index contributed by atoms with van der Waals surface area (Å²) in [5.41, 5.74) is 8.14.